The molecule has 1 aromatic carbocycles. The van der Waals surface area contributed by atoms with Crippen LogP contribution in [-0.4, -0.2) is 66.9 Å². The van der Waals surface area contributed by atoms with Crippen LogP contribution in [0.4, 0.5) is 0 Å². The maximum Gasteiger partial charge on any atom is 0.0900 e. The van der Waals surface area contributed by atoms with Crippen LogP contribution >= 0.6 is 0 Å². The van der Waals surface area contributed by atoms with E-state index in [1.54, 1.807) is 0 Å². The number of aliphatic hydroxyl groups is 1. The Bertz CT molecular complexity index is 462. The Hall–Kier alpha value is -0.940. The molecule has 0 radical (unpaired) electrons. The average molecular weight is 332 g/mol. The second-order valence-corrected chi connectivity index (χ2v) is 7.43. The smallest absolute Gasteiger partial charge is 0.0900 e. The van der Waals surface area contributed by atoms with E-state index >= 15 is 0 Å². The summed E-state index contributed by atoms with van der Waals surface area (Å²) in [4.78, 5) is 5.04. The summed E-state index contributed by atoms with van der Waals surface area (Å²) in [5, 5.41) is 10.2. The highest BCUT2D eigenvalue weighted by Crippen LogP contribution is 2.20. The number of piperidine rings is 1. The monoisotopic (exact) mass is 332 g/mol. The number of likely N-dealkylation sites (tertiary alicyclic amines) is 2. The summed E-state index contributed by atoms with van der Waals surface area (Å²) < 4.78 is 5.66. The van der Waals surface area contributed by atoms with Crippen LogP contribution in [0, 0.1) is 5.92 Å². The molecule has 2 fully saturated rings. The molecule has 0 bridgehead atoms. The van der Waals surface area contributed by atoms with Crippen molar-refractivity contribution in [3.63, 3.8) is 0 Å². The van der Waals surface area contributed by atoms with Crippen LogP contribution < -0.4 is 0 Å². The maximum atomic E-state index is 10.2. The molecule has 24 heavy (non-hydrogen) atoms. The van der Waals surface area contributed by atoms with Crippen molar-refractivity contribution in [1.82, 2.24) is 9.80 Å². The van der Waals surface area contributed by atoms with Crippen molar-refractivity contribution >= 4 is 0 Å². The third-order valence-electron chi connectivity index (χ3n) is 5.23. The lowest BCUT2D eigenvalue weighted by Crippen LogP contribution is -2.37. The Morgan fingerprint density at radius 2 is 1.83 bits per heavy atom. The van der Waals surface area contributed by atoms with Gasteiger partial charge in [0.2, 0.25) is 0 Å². The highest BCUT2D eigenvalue weighted by atomic mass is 16.5. The van der Waals surface area contributed by atoms with E-state index in [0.29, 0.717) is 13.2 Å². The fourth-order valence-electron chi connectivity index (χ4n) is 3.97. The van der Waals surface area contributed by atoms with Crippen molar-refractivity contribution in [2.24, 2.45) is 5.92 Å². The van der Waals surface area contributed by atoms with Gasteiger partial charge in [-0.05, 0) is 50.4 Å². The van der Waals surface area contributed by atoms with Crippen LogP contribution in [-0.2, 0) is 11.3 Å². The van der Waals surface area contributed by atoms with Gasteiger partial charge in [0, 0.05) is 19.6 Å². The molecule has 4 heteroatoms. The van der Waals surface area contributed by atoms with E-state index in [2.05, 4.69) is 21.9 Å². The van der Waals surface area contributed by atoms with Crippen molar-refractivity contribution in [1.29, 1.82) is 0 Å². The summed E-state index contributed by atoms with van der Waals surface area (Å²) in [7, 11) is 0. The van der Waals surface area contributed by atoms with Gasteiger partial charge in [-0.15, -0.1) is 0 Å². The number of hydrogen-bond donors (Lipinski definition) is 1. The van der Waals surface area contributed by atoms with Crippen molar-refractivity contribution < 1.29 is 9.84 Å². The van der Waals surface area contributed by atoms with E-state index in [1.807, 2.05) is 18.2 Å². The van der Waals surface area contributed by atoms with E-state index in [-0.39, 0.29) is 6.10 Å². The molecule has 2 saturated heterocycles. The van der Waals surface area contributed by atoms with Crippen LogP contribution in [0.25, 0.3) is 0 Å². The van der Waals surface area contributed by atoms with E-state index in [9.17, 15) is 5.11 Å². The fourth-order valence-corrected chi connectivity index (χ4v) is 3.97. The molecule has 0 aromatic heterocycles. The van der Waals surface area contributed by atoms with E-state index < -0.39 is 0 Å². The van der Waals surface area contributed by atoms with Crippen LogP contribution in [0.2, 0.25) is 0 Å². The largest absolute Gasteiger partial charge is 0.389 e. The highest BCUT2D eigenvalue weighted by molar-refractivity contribution is 5.13. The Morgan fingerprint density at radius 1 is 1.04 bits per heavy atom. The maximum absolute atomic E-state index is 10.2. The number of ether oxygens (including phenoxy) is 1. The first kappa shape index (κ1) is 17.9. The van der Waals surface area contributed by atoms with Crippen LogP contribution in [0.5, 0.6) is 0 Å². The molecule has 0 amide bonds. The summed E-state index contributed by atoms with van der Waals surface area (Å²) >= 11 is 0. The van der Waals surface area contributed by atoms with Gasteiger partial charge in [-0.25, -0.2) is 0 Å². The number of rotatable bonds is 8. The molecule has 1 N–H and O–H groups in total. The minimum Gasteiger partial charge on any atom is -0.389 e. The van der Waals surface area contributed by atoms with E-state index in [0.717, 1.165) is 31.1 Å². The number of hydrogen-bond acceptors (Lipinski definition) is 4. The van der Waals surface area contributed by atoms with Crippen LogP contribution in [0.15, 0.2) is 30.3 Å². The molecular weight excluding hydrogens is 300 g/mol. The van der Waals surface area contributed by atoms with Gasteiger partial charge in [-0.2, -0.15) is 0 Å². The highest BCUT2D eigenvalue weighted by Gasteiger charge is 2.26. The SMILES string of the molecule is OC(COCc1ccccc1)CN1CCC(CN2CCCCC2)C1. The van der Waals surface area contributed by atoms with Gasteiger partial charge in [0.1, 0.15) is 0 Å². The van der Waals surface area contributed by atoms with E-state index in [4.69, 9.17) is 4.74 Å². The molecule has 0 spiro atoms. The first-order chi connectivity index (χ1) is 11.8. The topological polar surface area (TPSA) is 35.9 Å². The fraction of sp³-hybridized carbons (Fsp3) is 0.700. The molecule has 0 saturated carbocycles. The first-order valence-corrected chi connectivity index (χ1v) is 9.54. The van der Waals surface area contributed by atoms with Crippen molar-refractivity contribution in [2.45, 2.75) is 38.4 Å². The third-order valence-corrected chi connectivity index (χ3v) is 5.23. The lowest BCUT2D eigenvalue weighted by atomic mass is 10.1. The second kappa shape index (κ2) is 9.52. The Morgan fingerprint density at radius 3 is 2.62 bits per heavy atom. The third kappa shape index (κ3) is 5.85. The molecule has 2 atom stereocenters. The number of nitrogens with zero attached hydrogens (tertiary/aromatic N) is 2. The minimum atomic E-state index is -0.387. The standard InChI is InChI=1S/C20H32N2O2/c23-20(17-24-16-18-7-3-1-4-8-18)15-22-12-9-19(14-22)13-21-10-5-2-6-11-21/h1,3-4,7-8,19-20,23H,2,5-6,9-17H2. The molecule has 3 rings (SSSR count). The first-order valence-electron chi connectivity index (χ1n) is 9.54. The quantitative estimate of drug-likeness (QED) is 0.793. The predicted octanol–water partition coefficient (Wildman–Crippen LogP) is 2.37. The average Bonchev–Trinajstić information content (AvgIpc) is 3.03. The number of aliphatic hydroxyl groups excluding tert-OH is 1. The van der Waals surface area contributed by atoms with Gasteiger partial charge in [0.25, 0.3) is 0 Å². The molecule has 2 unspecified atom stereocenters. The van der Waals surface area contributed by atoms with Crippen LogP contribution in [0.3, 0.4) is 0 Å². The van der Waals surface area contributed by atoms with Crippen molar-refractivity contribution in [2.75, 3.05) is 45.9 Å². The van der Waals surface area contributed by atoms with E-state index in [1.165, 1.54) is 45.3 Å². The number of β-amino-alcohol motifs (C(OH)–C–C–N with tert-alkyl or cyclic N) is 1. The van der Waals surface area contributed by atoms with Gasteiger partial charge in [0.05, 0.1) is 19.3 Å². The predicted molar refractivity (Wildman–Crippen MR) is 96.9 cm³/mol. The lowest BCUT2D eigenvalue weighted by Gasteiger charge is -2.29. The van der Waals surface area contributed by atoms with Gasteiger partial charge in [0.15, 0.2) is 0 Å². The summed E-state index contributed by atoms with van der Waals surface area (Å²) in [5.74, 6) is 0.778. The Balaban J connectivity index is 1.30. The molecular formula is C20H32N2O2. The molecule has 1 aromatic rings. The second-order valence-electron chi connectivity index (χ2n) is 7.43. The molecule has 134 valence electrons. The zero-order valence-corrected chi connectivity index (χ0v) is 14.8. The molecule has 2 heterocycles. The van der Waals surface area contributed by atoms with Crippen molar-refractivity contribution in [3.8, 4) is 0 Å². The normalized spacial score (nSPS) is 24.3. The summed E-state index contributed by atoms with van der Waals surface area (Å²) in [6.07, 6.45) is 5.03. The molecule has 2 aliphatic rings. The molecule has 0 aliphatic carbocycles. The summed E-state index contributed by atoms with van der Waals surface area (Å²) in [5.41, 5.74) is 1.16. The van der Waals surface area contributed by atoms with Gasteiger partial charge >= 0.3 is 0 Å². The van der Waals surface area contributed by atoms with Crippen LogP contribution in [0.1, 0.15) is 31.2 Å². The number of benzene rings is 1. The lowest BCUT2D eigenvalue weighted by molar-refractivity contribution is 0.0126. The van der Waals surface area contributed by atoms with Gasteiger partial charge in [-0.1, -0.05) is 36.8 Å². The van der Waals surface area contributed by atoms with Gasteiger partial charge < -0.3 is 19.6 Å². The summed E-state index contributed by atoms with van der Waals surface area (Å²) in [6, 6.07) is 10.1. The molecule has 2 aliphatic heterocycles. The van der Waals surface area contributed by atoms with Crippen molar-refractivity contribution in [3.05, 3.63) is 35.9 Å². The molecule has 4 nitrogen and oxygen atoms in total. The zero-order valence-electron chi connectivity index (χ0n) is 14.8. The Labute approximate surface area is 146 Å². The minimum absolute atomic E-state index is 0.387. The summed E-state index contributed by atoms with van der Waals surface area (Å²) in [6.45, 7) is 7.81. The van der Waals surface area contributed by atoms with Gasteiger partial charge in [-0.3, -0.25) is 0 Å². The Kier molecular flexibility index (Phi) is 7.09. The zero-order chi connectivity index (χ0) is 16.6.